The van der Waals surface area contributed by atoms with Crippen LogP contribution in [0.15, 0.2) is 24.3 Å². The van der Waals surface area contributed by atoms with Crippen LogP contribution in [0.5, 0.6) is 0 Å². The molecular weight excluding hydrogens is 259 g/mol. The summed E-state index contributed by atoms with van der Waals surface area (Å²) in [5.74, 6) is 0.0650. The standard InChI is InChI=1S/C12H17ClN2O.ClH/c1-14-8-4-7-12(16)15-9-10-5-2-3-6-11(10)13;/h2-3,5-6,14H,4,7-9H2,1H3,(H,15,16);1H. The molecule has 0 fully saturated rings. The number of nitrogens with one attached hydrogen (secondary N) is 2. The first kappa shape index (κ1) is 16.2. The first-order chi connectivity index (χ1) is 7.74. The van der Waals surface area contributed by atoms with Crippen molar-refractivity contribution in [1.29, 1.82) is 0 Å². The summed E-state index contributed by atoms with van der Waals surface area (Å²) in [7, 11) is 1.88. The summed E-state index contributed by atoms with van der Waals surface area (Å²) in [5, 5.41) is 6.54. The minimum atomic E-state index is 0. The van der Waals surface area contributed by atoms with E-state index in [1.165, 1.54) is 0 Å². The second kappa shape index (κ2) is 9.28. The van der Waals surface area contributed by atoms with Gasteiger partial charge in [0, 0.05) is 18.0 Å². The molecule has 1 rings (SSSR count). The van der Waals surface area contributed by atoms with Crippen LogP contribution in [-0.2, 0) is 11.3 Å². The van der Waals surface area contributed by atoms with Gasteiger partial charge in [-0.3, -0.25) is 4.79 Å². The van der Waals surface area contributed by atoms with Crippen LogP contribution in [0.3, 0.4) is 0 Å². The minimum Gasteiger partial charge on any atom is -0.352 e. The van der Waals surface area contributed by atoms with Gasteiger partial charge >= 0.3 is 0 Å². The maximum atomic E-state index is 11.4. The number of carbonyl (C=O) groups excluding carboxylic acids is 1. The molecule has 5 heteroatoms. The Bertz CT molecular complexity index is 345. The van der Waals surface area contributed by atoms with Crippen LogP contribution in [0.4, 0.5) is 0 Å². The average Bonchev–Trinajstić information content (AvgIpc) is 2.28. The zero-order chi connectivity index (χ0) is 11.8. The van der Waals surface area contributed by atoms with Gasteiger partial charge in [-0.15, -0.1) is 12.4 Å². The molecule has 0 aromatic heterocycles. The van der Waals surface area contributed by atoms with Crippen LogP contribution in [0.2, 0.25) is 5.02 Å². The van der Waals surface area contributed by atoms with E-state index in [1.54, 1.807) is 0 Å². The fourth-order valence-electron chi connectivity index (χ4n) is 1.35. The Kier molecular flexibility index (Phi) is 8.86. The number of hydrogen-bond donors (Lipinski definition) is 2. The molecule has 1 aromatic carbocycles. The number of benzene rings is 1. The van der Waals surface area contributed by atoms with Crippen LogP contribution in [0, 0.1) is 0 Å². The third kappa shape index (κ3) is 6.51. The Labute approximate surface area is 113 Å². The van der Waals surface area contributed by atoms with Crippen molar-refractivity contribution in [2.24, 2.45) is 0 Å². The Hall–Kier alpha value is -0.770. The van der Waals surface area contributed by atoms with Gasteiger partial charge in [-0.25, -0.2) is 0 Å². The van der Waals surface area contributed by atoms with Gasteiger partial charge in [-0.2, -0.15) is 0 Å². The number of carbonyl (C=O) groups is 1. The number of hydrogen-bond acceptors (Lipinski definition) is 2. The summed E-state index contributed by atoms with van der Waals surface area (Å²) < 4.78 is 0. The van der Waals surface area contributed by atoms with E-state index in [1.807, 2.05) is 31.3 Å². The molecule has 17 heavy (non-hydrogen) atoms. The summed E-state index contributed by atoms with van der Waals surface area (Å²) >= 11 is 5.97. The molecule has 0 unspecified atom stereocenters. The first-order valence-corrected chi connectivity index (χ1v) is 5.76. The molecule has 0 heterocycles. The highest BCUT2D eigenvalue weighted by atomic mass is 35.5. The van der Waals surface area contributed by atoms with Gasteiger partial charge in [0.25, 0.3) is 0 Å². The van der Waals surface area contributed by atoms with E-state index in [0.29, 0.717) is 18.0 Å². The van der Waals surface area contributed by atoms with E-state index in [9.17, 15) is 4.79 Å². The number of rotatable bonds is 6. The van der Waals surface area contributed by atoms with Crippen LogP contribution >= 0.6 is 24.0 Å². The van der Waals surface area contributed by atoms with Crippen LogP contribution in [-0.4, -0.2) is 19.5 Å². The Morgan fingerprint density at radius 3 is 2.71 bits per heavy atom. The van der Waals surface area contributed by atoms with Crippen LogP contribution < -0.4 is 10.6 Å². The van der Waals surface area contributed by atoms with E-state index in [2.05, 4.69) is 10.6 Å². The topological polar surface area (TPSA) is 41.1 Å². The normalized spacial score (nSPS) is 9.53. The van der Waals surface area contributed by atoms with Crippen LogP contribution in [0.1, 0.15) is 18.4 Å². The highest BCUT2D eigenvalue weighted by molar-refractivity contribution is 6.31. The number of halogens is 2. The monoisotopic (exact) mass is 276 g/mol. The summed E-state index contributed by atoms with van der Waals surface area (Å²) in [6.07, 6.45) is 1.40. The van der Waals surface area contributed by atoms with E-state index in [0.717, 1.165) is 18.5 Å². The van der Waals surface area contributed by atoms with E-state index in [4.69, 9.17) is 11.6 Å². The van der Waals surface area contributed by atoms with Crippen molar-refractivity contribution in [3.05, 3.63) is 34.9 Å². The molecule has 96 valence electrons. The lowest BCUT2D eigenvalue weighted by molar-refractivity contribution is -0.121. The molecule has 0 atom stereocenters. The fourth-order valence-corrected chi connectivity index (χ4v) is 1.55. The minimum absolute atomic E-state index is 0. The van der Waals surface area contributed by atoms with Gasteiger partial charge in [0.1, 0.15) is 0 Å². The van der Waals surface area contributed by atoms with Crippen molar-refractivity contribution in [1.82, 2.24) is 10.6 Å². The van der Waals surface area contributed by atoms with Crippen molar-refractivity contribution in [2.45, 2.75) is 19.4 Å². The van der Waals surface area contributed by atoms with Gasteiger partial charge in [-0.05, 0) is 31.6 Å². The second-order valence-corrected chi connectivity index (χ2v) is 3.98. The zero-order valence-electron chi connectivity index (χ0n) is 9.83. The highest BCUT2D eigenvalue weighted by Crippen LogP contribution is 2.14. The Morgan fingerprint density at radius 2 is 2.06 bits per heavy atom. The lowest BCUT2D eigenvalue weighted by atomic mass is 10.2. The largest absolute Gasteiger partial charge is 0.352 e. The molecule has 2 N–H and O–H groups in total. The van der Waals surface area contributed by atoms with Gasteiger partial charge < -0.3 is 10.6 Å². The van der Waals surface area contributed by atoms with Gasteiger partial charge in [-0.1, -0.05) is 29.8 Å². The summed E-state index contributed by atoms with van der Waals surface area (Å²) in [6, 6.07) is 7.52. The van der Waals surface area contributed by atoms with E-state index >= 15 is 0 Å². The Balaban J connectivity index is 0.00000256. The molecule has 0 aliphatic rings. The summed E-state index contributed by atoms with van der Waals surface area (Å²) in [4.78, 5) is 11.4. The smallest absolute Gasteiger partial charge is 0.220 e. The molecule has 1 amide bonds. The average molecular weight is 277 g/mol. The van der Waals surface area contributed by atoms with Gasteiger partial charge in [0.2, 0.25) is 5.91 Å². The summed E-state index contributed by atoms with van der Waals surface area (Å²) in [5.41, 5.74) is 0.950. The molecule has 0 aliphatic heterocycles. The van der Waals surface area contributed by atoms with Crippen molar-refractivity contribution >= 4 is 29.9 Å². The predicted molar refractivity (Wildman–Crippen MR) is 73.7 cm³/mol. The van der Waals surface area contributed by atoms with Crippen molar-refractivity contribution in [3.63, 3.8) is 0 Å². The third-order valence-electron chi connectivity index (χ3n) is 2.26. The Morgan fingerprint density at radius 1 is 1.35 bits per heavy atom. The molecule has 1 aromatic rings. The van der Waals surface area contributed by atoms with E-state index < -0.39 is 0 Å². The molecule has 0 radical (unpaired) electrons. The van der Waals surface area contributed by atoms with Crippen molar-refractivity contribution in [3.8, 4) is 0 Å². The molecule has 0 saturated heterocycles. The first-order valence-electron chi connectivity index (χ1n) is 5.38. The molecular formula is C12H18Cl2N2O. The van der Waals surface area contributed by atoms with Crippen molar-refractivity contribution in [2.75, 3.05) is 13.6 Å². The second-order valence-electron chi connectivity index (χ2n) is 3.58. The highest BCUT2D eigenvalue weighted by Gasteiger charge is 2.02. The third-order valence-corrected chi connectivity index (χ3v) is 2.63. The lowest BCUT2D eigenvalue weighted by Crippen LogP contribution is -2.23. The van der Waals surface area contributed by atoms with E-state index in [-0.39, 0.29) is 18.3 Å². The fraction of sp³-hybridized carbons (Fsp3) is 0.417. The molecule has 0 bridgehead atoms. The van der Waals surface area contributed by atoms with Gasteiger partial charge in [0.15, 0.2) is 0 Å². The van der Waals surface area contributed by atoms with Crippen molar-refractivity contribution < 1.29 is 4.79 Å². The van der Waals surface area contributed by atoms with Gasteiger partial charge in [0.05, 0.1) is 0 Å². The predicted octanol–water partition coefficient (Wildman–Crippen LogP) is 2.38. The molecule has 0 spiro atoms. The quantitative estimate of drug-likeness (QED) is 0.784. The lowest BCUT2D eigenvalue weighted by Gasteiger charge is -2.06. The molecule has 0 saturated carbocycles. The molecule has 0 aliphatic carbocycles. The maximum absolute atomic E-state index is 11.4. The SMILES string of the molecule is CNCCCC(=O)NCc1ccccc1Cl.Cl. The maximum Gasteiger partial charge on any atom is 0.220 e. The van der Waals surface area contributed by atoms with Crippen LogP contribution in [0.25, 0.3) is 0 Å². The molecule has 3 nitrogen and oxygen atoms in total. The zero-order valence-corrected chi connectivity index (χ0v) is 11.4. The number of amides is 1. The summed E-state index contributed by atoms with van der Waals surface area (Å²) in [6.45, 7) is 1.36.